The fourth-order valence-corrected chi connectivity index (χ4v) is 2.83. The van der Waals surface area contributed by atoms with Crippen LogP contribution in [0.1, 0.15) is 38.5 Å². The van der Waals surface area contributed by atoms with Crippen LogP contribution >= 0.6 is 0 Å². The molecule has 0 radical (unpaired) electrons. The lowest BCUT2D eigenvalue weighted by Crippen LogP contribution is -2.45. The Balaban J connectivity index is 2.03. The van der Waals surface area contributed by atoms with Crippen molar-refractivity contribution in [2.45, 2.75) is 32.7 Å². The van der Waals surface area contributed by atoms with Gasteiger partial charge >= 0.3 is 0 Å². The van der Waals surface area contributed by atoms with Gasteiger partial charge < -0.3 is 15.1 Å². The fraction of sp³-hybridized carbons (Fsp3) is 0.625. The Morgan fingerprint density at radius 2 is 2.00 bits per heavy atom. The Hall–Kier alpha value is -1.82. The summed E-state index contributed by atoms with van der Waals surface area (Å²) in [5.74, 6) is 0.451. The molecule has 1 heterocycles. The standard InChI is InChI=1S/C16H25N3O3/c1-4-19(5-2)12(13-7-6-10-22-13)11-18-15(21)16(8-9-16)14(20)17-3/h6-7,10,12H,4-5,8-9,11H2,1-3H3,(H,17,20)(H,18,21). The van der Waals surface area contributed by atoms with E-state index in [0.717, 1.165) is 18.8 Å². The Labute approximate surface area is 131 Å². The first-order chi connectivity index (χ1) is 10.6. The number of nitrogens with one attached hydrogen (secondary N) is 2. The first-order valence-corrected chi connectivity index (χ1v) is 7.87. The third-order valence-corrected chi connectivity index (χ3v) is 4.43. The number of rotatable bonds is 8. The first-order valence-electron chi connectivity index (χ1n) is 7.87. The van der Waals surface area contributed by atoms with E-state index in [1.54, 1.807) is 13.3 Å². The molecule has 2 N–H and O–H groups in total. The van der Waals surface area contributed by atoms with Crippen molar-refractivity contribution in [3.63, 3.8) is 0 Å². The topological polar surface area (TPSA) is 74.6 Å². The van der Waals surface area contributed by atoms with Crippen molar-refractivity contribution in [3.05, 3.63) is 24.2 Å². The van der Waals surface area contributed by atoms with Gasteiger partial charge in [-0.05, 0) is 38.1 Å². The van der Waals surface area contributed by atoms with Crippen LogP contribution in [0.25, 0.3) is 0 Å². The third kappa shape index (κ3) is 3.16. The lowest BCUT2D eigenvalue weighted by molar-refractivity contribution is -0.137. The van der Waals surface area contributed by atoms with Gasteiger partial charge in [0.1, 0.15) is 11.2 Å². The van der Waals surface area contributed by atoms with Gasteiger partial charge in [0, 0.05) is 13.6 Å². The summed E-state index contributed by atoms with van der Waals surface area (Å²) < 4.78 is 5.51. The summed E-state index contributed by atoms with van der Waals surface area (Å²) in [6.07, 6.45) is 2.88. The summed E-state index contributed by atoms with van der Waals surface area (Å²) in [7, 11) is 1.57. The molecule has 0 aromatic carbocycles. The Bertz CT molecular complexity index is 505. The van der Waals surface area contributed by atoms with E-state index in [2.05, 4.69) is 29.4 Å². The maximum Gasteiger partial charge on any atom is 0.235 e. The monoisotopic (exact) mass is 307 g/mol. The highest BCUT2D eigenvalue weighted by molar-refractivity contribution is 6.07. The van der Waals surface area contributed by atoms with Gasteiger partial charge in [0.2, 0.25) is 11.8 Å². The van der Waals surface area contributed by atoms with Gasteiger partial charge in [-0.2, -0.15) is 0 Å². The molecule has 6 nitrogen and oxygen atoms in total. The summed E-state index contributed by atoms with van der Waals surface area (Å²) in [6, 6.07) is 3.75. The Morgan fingerprint density at radius 3 is 2.45 bits per heavy atom. The molecule has 1 unspecified atom stereocenters. The minimum absolute atomic E-state index is 0.0190. The van der Waals surface area contributed by atoms with Crippen molar-refractivity contribution >= 4 is 11.8 Å². The van der Waals surface area contributed by atoms with Crippen LogP contribution in [0.15, 0.2) is 22.8 Å². The molecular formula is C16H25N3O3. The van der Waals surface area contributed by atoms with Gasteiger partial charge in [-0.15, -0.1) is 0 Å². The largest absolute Gasteiger partial charge is 0.468 e. The van der Waals surface area contributed by atoms with Crippen molar-refractivity contribution in [3.8, 4) is 0 Å². The lowest BCUT2D eigenvalue weighted by Gasteiger charge is -2.28. The van der Waals surface area contributed by atoms with Gasteiger partial charge in [0.25, 0.3) is 0 Å². The van der Waals surface area contributed by atoms with Crippen LogP contribution in [-0.4, -0.2) is 43.4 Å². The molecule has 6 heteroatoms. The van der Waals surface area contributed by atoms with Crippen LogP contribution in [0.3, 0.4) is 0 Å². The van der Waals surface area contributed by atoms with Crippen molar-refractivity contribution in [1.82, 2.24) is 15.5 Å². The average molecular weight is 307 g/mol. The predicted octanol–water partition coefficient (Wildman–Crippen LogP) is 1.30. The second-order valence-electron chi connectivity index (χ2n) is 5.62. The van der Waals surface area contributed by atoms with Gasteiger partial charge in [-0.3, -0.25) is 14.5 Å². The molecule has 1 aromatic heterocycles. The van der Waals surface area contributed by atoms with Crippen molar-refractivity contribution in [1.29, 1.82) is 0 Å². The zero-order chi connectivity index (χ0) is 16.2. The molecular weight excluding hydrogens is 282 g/mol. The van der Waals surface area contributed by atoms with E-state index in [4.69, 9.17) is 4.42 Å². The van der Waals surface area contributed by atoms with Crippen LogP contribution in [-0.2, 0) is 9.59 Å². The molecule has 1 saturated carbocycles. The van der Waals surface area contributed by atoms with E-state index < -0.39 is 5.41 Å². The number of nitrogens with zero attached hydrogens (tertiary/aromatic N) is 1. The number of likely N-dealkylation sites (N-methyl/N-ethyl adjacent to an activating group) is 1. The highest BCUT2D eigenvalue weighted by Crippen LogP contribution is 2.46. The van der Waals surface area contributed by atoms with E-state index >= 15 is 0 Å². The van der Waals surface area contributed by atoms with Crippen molar-refractivity contribution in [2.75, 3.05) is 26.7 Å². The SMILES string of the molecule is CCN(CC)C(CNC(=O)C1(C(=O)NC)CC1)c1ccco1. The normalized spacial score (nSPS) is 17.1. The minimum Gasteiger partial charge on any atom is -0.468 e. The molecule has 0 bridgehead atoms. The maximum atomic E-state index is 12.4. The smallest absolute Gasteiger partial charge is 0.235 e. The molecule has 2 amide bonds. The van der Waals surface area contributed by atoms with E-state index in [-0.39, 0.29) is 17.9 Å². The predicted molar refractivity (Wildman–Crippen MR) is 83.1 cm³/mol. The molecule has 1 aliphatic carbocycles. The molecule has 1 aromatic rings. The van der Waals surface area contributed by atoms with Crippen LogP contribution in [0.2, 0.25) is 0 Å². The highest BCUT2D eigenvalue weighted by Gasteiger charge is 2.56. The summed E-state index contributed by atoms with van der Waals surface area (Å²) in [5, 5.41) is 5.52. The van der Waals surface area contributed by atoms with Crippen molar-refractivity contribution < 1.29 is 14.0 Å². The van der Waals surface area contributed by atoms with E-state index in [1.807, 2.05) is 12.1 Å². The number of hydrogen-bond donors (Lipinski definition) is 2. The van der Waals surface area contributed by atoms with Crippen molar-refractivity contribution in [2.24, 2.45) is 5.41 Å². The number of amides is 2. The molecule has 0 saturated heterocycles. The molecule has 1 atom stereocenters. The number of carbonyl (C=O) groups excluding carboxylic acids is 2. The number of furan rings is 1. The van der Waals surface area contributed by atoms with E-state index in [0.29, 0.717) is 19.4 Å². The molecule has 1 fully saturated rings. The summed E-state index contributed by atoms with van der Waals surface area (Å²) in [5.41, 5.74) is -0.855. The van der Waals surface area contributed by atoms with Crippen LogP contribution in [0, 0.1) is 5.41 Å². The Kier molecular flexibility index (Phi) is 5.24. The van der Waals surface area contributed by atoms with Crippen LogP contribution in [0.5, 0.6) is 0 Å². The third-order valence-electron chi connectivity index (χ3n) is 4.43. The minimum atomic E-state index is -0.855. The Morgan fingerprint density at radius 1 is 1.32 bits per heavy atom. The summed E-state index contributed by atoms with van der Waals surface area (Å²) in [6.45, 7) is 6.31. The summed E-state index contributed by atoms with van der Waals surface area (Å²) >= 11 is 0. The van der Waals surface area contributed by atoms with E-state index in [9.17, 15) is 9.59 Å². The van der Waals surface area contributed by atoms with Gasteiger partial charge in [-0.25, -0.2) is 0 Å². The quantitative estimate of drug-likeness (QED) is 0.710. The van der Waals surface area contributed by atoms with Gasteiger partial charge in [-0.1, -0.05) is 13.8 Å². The molecule has 2 rings (SSSR count). The highest BCUT2D eigenvalue weighted by atomic mass is 16.3. The first kappa shape index (κ1) is 16.5. The molecule has 122 valence electrons. The molecule has 1 aliphatic rings. The second-order valence-corrected chi connectivity index (χ2v) is 5.62. The van der Waals surface area contributed by atoms with Crippen LogP contribution in [0.4, 0.5) is 0 Å². The summed E-state index contributed by atoms with van der Waals surface area (Å²) in [4.78, 5) is 26.5. The second kappa shape index (κ2) is 6.96. The zero-order valence-electron chi connectivity index (χ0n) is 13.5. The lowest BCUT2D eigenvalue weighted by atomic mass is 10.0. The maximum absolute atomic E-state index is 12.4. The van der Waals surface area contributed by atoms with Gasteiger partial charge in [0.15, 0.2) is 0 Å². The molecule has 0 spiro atoms. The van der Waals surface area contributed by atoms with Gasteiger partial charge in [0.05, 0.1) is 12.3 Å². The van der Waals surface area contributed by atoms with E-state index in [1.165, 1.54) is 0 Å². The fourth-order valence-electron chi connectivity index (χ4n) is 2.83. The number of carbonyl (C=O) groups is 2. The molecule has 22 heavy (non-hydrogen) atoms. The number of hydrogen-bond acceptors (Lipinski definition) is 4. The molecule has 0 aliphatic heterocycles. The van der Waals surface area contributed by atoms with Crippen LogP contribution < -0.4 is 10.6 Å². The zero-order valence-corrected chi connectivity index (χ0v) is 13.5. The average Bonchev–Trinajstić information content (AvgIpc) is 3.18.